The minimum Gasteiger partial charge on any atom is -0.252 e. The molecule has 1 heterocycles. The number of aromatic nitrogens is 3. The molecule has 0 saturated heterocycles. The SMILES string of the molecule is N#Cc1nn[nH]c1C(F)(F)F. The van der Waals surface area contributed by atoms with E-state index >= 15 is 0 Å². The standard InChI is InChI=1S/C4HF3N4/c5-4(6,7)3-2(1-8)9-11-10-3/h(H,9,10,11). The Bertz CT molecular complexity index is 293. The zero-order valence-corrected chi connectivity index (χ0v) is 4.98. The summed E-state index contributed by atoms with van der Waals surface area (Å²) >= 11 is 0. The van der Waals surface area contributed by atoms with Crippen LogP contribution in [0.25, 0.3) is 0 Å². The van der Waals surface area contributed by atoms with Gasteiger partial charge >= 0.3 is 6.18 Å². The van der Waals surface area contributed by atoms with Crippen molar-refractivity contribution >= 4 is 0 Å². The molecule has 0 atom stereocenters. The lowest BCUT2D eigenvalue weighted by molar-refractivity contribution is -0.141. The summed E-state index contributed by atoms with van der Waals surface area (Å²) in [6.07, 6.45) is -4.59. The van der Waals surface area contributed by atoms with Crippen molar-refractivity contribution in [1.29, 1.82) is 5.26 Å². The minimum absolute atomic E-state index is 0.738. The molecule has 1 aromatic heterocycles. The number of rotatable bonds is 0. The molecule has 0 aliphatic carbocycles. The molecule has 0 unspecified atom stereocenters. The Morgan fingerprint density at radius 1 is 1.45 bits per heavy atom. The van der Waals surface area contributed by atoms with E-state index in [1.165, 1.54) is 6.07 Å². The second kappa shape index (κ2) is 2.23. The summed E-state index contributed by atoms with van der Waals surface area (Å²) in [6, 6.07) is 1.26. The molecule has 0 bridgehead atoms. The number of hydrogen-bond acceptors (Lipinski definition) is 3. The third kappa shape index (κ3) is 1.29. The zero-order chi connectivity index (χ0) is 8.48. The Hall–Kier alpha value is -1.58. The lowest BCUT2D eigenvalue weighted by Gasteiger charge is -1.99. The Labute approximate surface area is 58.6 Å². The van der Waals surface area contributed by atoms with E-state index in [2.05, 4.69) is 10.3 Å². The van der Waals surface area contributed by atoms with Crippen LogP contribution in [0.5, 0.6) is 0 Å². The fourth-order valence-electron chi connectivity index (χ4n) is 0.504. The van der Waals surface area contributed by atoms with Gasteiger partial charge in [-0.15, -0.1) is 5.10 Å². The fraction of sp³-hybridized carbons (Fsp3) is 0.250. The Morgan fingerprint density at radius 3 is 2.45 bits per heavy atom. The number of nitrogens with zero attached hydrogens (tertiary/aromatic N) is 3. The van der Waals surface area contributed by atoms with E-state index in [-0.39, 0.29) is 0 Å². The summed E-state index contributed by atoms with van der Waals surface area (Å²) in [5, 5.41) is 15.4. The summed E-state index contributed by atoms with van der Waals surface area (Å²) in [5.74, 6) is 0. The molecule has 0 spiro atoms. The van der Waals surface area contributed by atoms with Crippen molar-refractivity contribution in [1.82, 2.24) is 15.4 Å². The van der Waals surface area contributed by atoms with E-state index in [1.54, 1.807) is 5.10 Å². The number of halogens is 3. The molecule has 11 heavy (non-hydrogen) atoms. The van der Waals surface area contributed by atoms with E-state index in [4.69, 9.17) is 5.26 Å². The Morgan fingerprint density at radius 2 is 2.09 bits per heavy atom. The summed E-state index contributed by atoms with van der Waals surface area (Å²) in [4.78, 5) is 0. The van der Waals surface area contributed by atoms with Gasteiger partial charge in [0.15, 0.2) is 11.4 Å². The summed E-state index contributed by atoms with van der Waals surface area (Å²) < 4.78 is 35.4. The van der Waals surface area contributed by atoms with Crippen molar-refractivity contribution in [2.45, 2.75) is 6.18 Å². The average molecular weight is 162 g/mol. The van der Waals surface area contributed by atoms with Crippen molar-refractivity contribution in [3.8, 4) is 6.07 Å². The van der Waals surface area contributed by atoms with Gasteiger partial charge in [0.2, 0.25) is 0 Å². The van der Waals surface area contributed by atoms with Gasteiger partial charge < -0.3 is 0 Å². The highest BCUT2D eigenvalue weighted by atomic mass is 19.4. The van der Waals surface area contributed by atoms with Gasteiger partial charge in [-0.2, -0.15) is 18.4 Å². The highest BCUT2D eigenvalue weighted by molar-refractivity contribution is 5.25. The average Bonchev–Trinajstić information content (AvgIpc) is 2.31. The molecular formula is C4HF3N4. The van der Waals surface area contributed by atoms with E-state index in [1.807, 2.05) is 0 Å². The predicted molar refractivity (Wildman–Crippen MR) is 26.1 cm³/mol. The topological polar surface area (TPSA) is 65.4 Å². The van der Waals surface area contributed by atoms with Gasteiger partial charge in [-0.1, -0.05) is 5.21 Å². The van der Waals surface area contributed by atoms with E-state index in [0.717, 1.165) is 0 Å². The molecule has 1 aromatic rings. The third-order valence-electron chi connectivity index (χ3n) is 0.938. The van der Waals surface area contributed by atoms with Crippen LogP contribution in [0, 0.1) is 11.3 Å². The number of hydrogen-bond donors (Lipinski definition) is 1. The van der Waals surface area contributed by atoms with Crippen molar-refractivity contribution in [3.63, 3.8) is 0 Å². The van der Waals surface area contributed by atoms with E-state index in [0.29, 0.717) is 0 Å². The summed E-state index contributed by atoms with van der Waals surface area (Å²) in [5.41, 5.74) is -1.95. The second-order valence-electron chi connectivity index (χ2n) is 1.64. The molecule has 0 amide bonds. The molecule has 4 nitrogen and oxygen atoms in total. The lowest BCUT2D eigenvalue weighted by atomic mass is 10.3. The Balaban J connectivity index is 3.15. The zero-order valence-electron chi connectivity index (χ0n) is 4.98. The summed E-state index contributed by atoms with van der Waals surface area (Å²) in [7, 11) is 0. The van der Waals surface area contributed by atoms with Gasteiger partial charge in [0.25, 0.3) is 0 Å². The summed E-state index contributed by atoms with van der Waals surface area (Å²) in [6.45, 7) is 0. The first-order valence-electron chi connectivity index (χ1n) is 2.44. The molecular weight excluding hydrogens is 161 g/mol. The first-order chi connectivity index (χ1) is 5.05. The van der Waals surface area contributed by atoms with Gasteiger partial charge in [-0.3, -0.25) is 5.10 Å². The Kier molecular flexibility index (Phi) is 1.53. The number of aromatic amines is 1. The van der Waals surface area contributed by atoms with Crippen LogP contribution in [0.3, 0.4) is 0 Å². The molecule has 1 rings (SSSR count). The van der Waals surface area contributed by atoms with E-state index < -0.39 is 17.6 Å². The van der Waals surface area contributed by atoms with Crippen LogP contribution >= 0.6 is 0 Å². The van der Waals surface area contributed by atoms with Crippen LogP contribution in [0.4, 0.5) is 13.2 Å². The van der Waals surface area contributed by atoms with Crippen LogP contribution in [0.15, 0.2) is 0 Å². The van der Waals surface area contributed by atoms with Gasteiger partial charge in [0.1, 0.15) is 6.07 Å². The predicted octanol–water partition coefficient (Wildman–Crippen LogP) is 0.695. The maximum atomic E-state index is 11.8. The molecule has 0 fully saturated rings. The van der Waals surface area contributed by atoms with Gasteiger partial charge in [0.05, 0.1) is 0 Å². The van der Waals surface area contributed by atoms with Crippen molar-refractivity contribution < 1.29 is 13.2 Å². The highest BCUT2D eigenvalue weighted by Gasteiger charge is 2.36. The van der Waals surface area contributed by atoms with Gasteiger partial charge in [-0.25, -0.2) is 0 Å². The fourth-order valence-corrected chi connectivity index (χ4v) is 0.504. The lowest BCUT2D eigenvalue weighted by Crippen LogP contribution is -2.07. The van der Waals surface area contributed by atoms with Crippen LogP contribution in [-0.2, 0) is 6.18 Å². The third-order valence-corrected chi connectivity index (χ3v) is 0.938. The number of H-pyrrole nitrogens is 1. The molecule has 7 heteroatoms. The maximum absolute atomic E-state index is 11.8. The van der Waals surface area contributed by atoms with Crippen LogP contribution in [0.1, 0.15) is 11.4 Å². The molecule has 0 saturated carbocycles. The van der Waals surface area contributed by atoms with Crippen molar-refractivity contribution in [2.24, 2.45) is 0 Å². The quantitative estimate of drug-likeness (QED) is 0.610. The normalized spacial score (nSPS) is 11.1. The monoisotopic (exact) mass is 162 g/mol. The minimum atomic E-state index is -4.59. The number of nitriles is 1. The molecule has 0 aromatic carbocycles. The van der Waals surface area contributed by atoms with E-state index in [9.17, 15) is 13.2 Å². The second-order valence-corrected chi connectivity index (χ2v) is 1.64. The largest absolute Gasteiger partial charge is 0.435 e. The highest BCUT2D eigenvalue weighted by Crippen LogP contribution is 2.28. The maximum Gasteiger partial charge on any atom is 0.435 e. The van der Waals surface area contributed by atoms with Crippen LogP contribution < -0.4 is 0 Å². The number of alkyl halides is 3. The van der Waals surface area contributed by atoms with Crippen LogP contribution in [0.2, 0.25) is 0 Å². The first kappa shape index (κ1) is 7.53. The molecule has 0 aliphatic heterocycles. The molecule has 1 N–H and O–H groups in total. The first-order valence-corrected chi connectivity index (χ1v) is 2.44. The molecule has 0 aliphatic rings. The molecule has 0 radical (unpaired) electrons. The van der Waals surface area contributed by atoms with Crippen LogP contribution in [-0.4, -0.2) is 15.4 Å². The smallest absolute Gasteiger partial charge is 0.252 e. The van der Waals surface area contributed by atoms with Crippen molar-refractivity contribution in [2.75, 3.05) is 0 Å². The van der Waals surface area contributed by atoms with Crippen molar-refractivity contribution in [3.05, 3.63) is 11.4 Å². The molecule has 58 valence electrons. The van der Waals surface area contributed by atoms with Gasteiger partial charge in [0, 0.05) is 0 Å². The van der Waals surface area contributed by atoms with Gasteiger partial charge in [-0.05, 0) is 0 Å². The number of nitrogens with one attached hydrogen (secondary N) is 1.